The molecule has 0 atom stereocenters. The van der Waals surface area contributed by atoms with Gasteiger partial charge in [-0.15, -0.1) is 0 Å². The van der Waals surface area contributed by atoms with Crippen molar-refractivity contribution in [1.29, 1.82) is 0 Å². The molecule has 56 valence electrons. The molecule has 0 saturated heterocycles. The molecule has 0 N–H and O–H groups in total. The minimum absolute atomic E-state index is 1.50. The van der Waals surface area contributed by atoms with E-state index in [4.69, 9.17) is 0 Å². The van der Waals surface area contributed by atoms with Gasteiger partial charge in [0.25, 0.3) is 0 Å². The first kappa shape index (κ1) is 8.11. The van der Waals surface area contributed by atoms with Crippen molar-refractivity contribution in [2.24, 2.45) is 7.05 Å². The molecule has 2 nitrogen and oxygen atoms in total. The van der Waals surface area contributed by atoms with Crippen molar-refractivity contribution < 1.29 is 0 Å². The molecule has 1 rings (SSSR count). The second-order valence-electron chi connectivity index (χ2n) is 3.65. The Bertz CT molecular complexity index is 222. The van der Waals surface area contributed by atoms with Crippen LogP contribution in [0.15, 0.2) is 12.4 Å². The van der Waals surface area contributed by atoms with Crippen molar-refractivity contribution in [1.82, 2.24) is 9.78 Å². The average molecular weight is 245 g/mol. The van der Waals surface area contributed by atoms with Crippen LogP contribution in [0.3, 0.4) is 0 Å². The van der Waals surface area contributed by atoms with Crippen LogP contribution in [0.2, 0.25) is 14.8 Å². The molecule has 0 bridgehead atoms. The Morgan fingerprint density at radius 3 is 2.20 bits per heavy atom. The van der Waals surface area contributed by atoms with E-state index in [1.165, 1.54) is 3.58 Å². The quantitative estimate of drug-likeness (QED) is 0.674. The van der Waals surface area contributed by atoms with Gasteiger partial charge in [-0.25, -0.2) is 0 Å². The third-order valence-electron chi connectivity index (χ3n) is 1.57. The van der Waals surface area contributed by atoms with Crippen LogP contribution in [0.25, 0.3) is 0 Å². The van der Waals surface area contributed by atoms with Crippen LogP contribution in [-0.4, -0.2) is 28.2 Å². The third-order valence-corrected chi connectivity index (χ3v) is 7.25. The van der Waals surface area contributed by atoms with E-state index in [1.54, 1.807) is 0 Å². The Balaban J connectivity index is 2.96. The summed E-state index contributed by atoms with van der Waals surface area (Å²) >= 11 is -1.77. The summed E-state index contributed by atoms with van der Waals surface area (Å²) in [5.41, 5.74) is 0. The Hall–Kier alpha value is 0.00870. The van der Waals surface area contributed by atoms with E-state index in [0.717, 1.165) is 0 Å². The van der Waals surface area contributed by atoms with Crippen LogP contribution >= 0.6 is 0 Å². The Morgan fingerprint density at radius 2 is 2.00 bits per heavy atom. The van der Waals surface area contributed by atoms with Gasteiger partial charge in [-0.05, 0) is 0 Å². The first-order chi connectivity index (χ1) is 4.50. The third kappa shape index (κ3) is 1.75. The summed E-state index contributed by atoms with van der Waals surface area (Å²) in [5, 5.41) is 4.15. The number of hydrogen-bond acceptors (Lipinski definition) is 1. The first-order valence-corrected chi connectivity index (χ1v) is 13.5. The fraction of sp³-hybridized carbons (Fsp3) is 0.571. The van der Waals surface area contributed by atoms with Crippen LogP contribution in [0.4, 0.5) is 0 Å². The fourth-order valence-electron chi connectivity index (χ4n) is 0.809. The van der Waals surface area contributed by atoms with E-state index in [9.17, 15) is 0 Å². The van der Waals surface area contributed by atoms with Gasteiger partial charge < -0.3 is 0 Å². The fourth-order valence-corrected chi connectivity index (χ4v) is 3.72. The normalized spacial score (nSPS) is 12.0. The van der Waals surface area contributed by atoms with E-state index >= 15 is 0 Å². The predicted molar refractivity (Wildman–Crippen MR) is 46.2 cm³/mol. The molecule has 0 aliphatic heterocycles. The number of aromatic nitrogens is 2. The van der Waals surface area contributed by atoms with Gasteiger partial charge in [0.05, 0.1) is 0 Å². The molecule has 1 aromatic heterocycles. The van der Waals surface area contributed by atoms with Gasteiger partial charge in [0.15, 0.2) is 0 Å². The summed E-state index contributed by atoms with van der Waals surface area (Å²) in [7, 11) is 1.97. The molecule has 1 heterocycles. The molecular weight excluding hydrogens is 231 g/mol. The molecule has 0 radical (unpaired) electrons. The monoisotopic (exact) mass is 246 g/mol. The summed E-state index contributed by atoms with van der Waals surface area (Å²) in [4.78, 5) is 7.18. The molecule has 0 aliphatic carbocycles. The van der Waals surface area contributed by atoms with Gasteiger partial charge in [-0.3, -0.25) is 0 Å². The molecule has 0 aliphatic rings. The van der Waals surface area contributed by atoms with Crippen molar-refractivity contribution in [3.05, 3.63) is 12.4 Å². The van der Waals surface area contributed by atoms with Gasteiger partial charge in [0, 0.05) is 0 Å². The maximum absolute atomic E-state index is 4.15. The Morgan fingerprint density at radius 1 is 1.40 bits per heavy atom. The van der Waals surface area contributed by atoms with Gasteiger partial charge in [0.2, 0.25) is 0 Å². The SMILES string of the molecule is Cn1c[c]([Sn]([CH3])([CH3])[CH3])cn1. The van der Waals surface area contributed by atoms with Crippen molar-refractivity contribution in [2.45, 2.75) is 14.8 Å². The number of nitrogens with zero attached hydrogens (tertiary/aromatic N) is 2. The number of aryl methyl sites for hydroxylation is 1. The van der Waals surface area contributed by atoms with Gasteiger partial charge >= 0.3 is 66.0 Å². The molecule has 0 aromatic carbocycles. The Labute approximate surface area is 66.1 Å². The molecule has 10 heavy (non-hydrogen) atoms. The second-order valence-corrected chi connectivity index (χ2v) is 18.1. The van der Waals surface area contributed by atoms with E-state index in [-0.39, 0.29) is 0 Å². The molecule has 0 spiro atoms. The van der Waals surface area contributed by atoms with Crippen LogP contribution in [0.1, 0.15) is 0 Å². The maximum atomic E-state index is 4.15. The molecular formula is C7H14N2Sn. The zero-order valence-corrected chi connectivity index (χ0v) is 9.90. The summed E-state index contributed by atoms with van der Waals surface area (Å²) < 4.78 is 3.38. The van der Waals surface area contributed by atoms with E-state index in [2.05, 4.69) is 26.1 Å². The molecule has 1 aromatic rings. The topological polar surface area (TPSA) is 17.8 Å². The molecule has 0 fully saturated rings. The molecule has 0 unspecified atom stereocenters. The van der Waals surface area contributed by atoms with Crippen LogP contribution < -0.4 is 3.58 Å². The zero-order chi connectivity index (χ0) is 7.78. The van der Waals surface area contributed by atoms with E-state index < -0.39 is 18.4 Å². The number of hydrogen-bond donors (Lipinski definition) is 0. The summed E-state index contributed by atoms with van der Waals surface area (Å²) in [6.45, 7) is 0. The van der Waals surface area contributed by atoms with E-state index in [0.29, 0.717) is 0 Å². The predicted octanol–water partition coefficient (Wildman–Crippen LogP) is 0.965. The Kier molecular flexibility index (Phi) is 2.08. The molecule has 0 amide bonds. The zero-order valence-electron chi connectivity index (χ0n) is 7.05. The van der Waals surface area contributed by atoms with Crippen molar-refractivity contribution >= 4 is 22.0 Å². The van der Waals surface area contributed by atoms with Gasteiger partial charge in [0.1, 0.15) is 0 Å². The summed E-state index contributed by atoms with van der Waals surface area (Å²) in [6, 6.07) is 0. The van der Waals surface area contributed by atoms with Gasteiger partial charge in [-0.2, -0.15) is 0 Å². The van der Waals surface area contributed by atoms with Crippen molar-refractivity contribution in [2.75, 3.05) is 0 Å². The van der Waals surface area contributed by atoms with Crippen LogP contribution in [0, 0.1) is 0 Å². The van der Waals surface area contributed by atoms with Crippen LogP contribution in [-0.2, 0) is 7.05 Å². The second kappa shape index (κ2) is 2.57. The minimum atomic E-state index is -1.77. The van der Waals surface area contributed by atoms with Crippen molar-refractivity contribution in [3.63, 3.8) is 0 Å². The average Bonchev–Trinajstić information content (AvgIpc) is 2.11. The first-order valence-electron chi connectivity index (χ1n) is 3.49. The summed E-state index contributed by atoms with van der Waals surface area (Å²) in [5.74, 6) is 0. The molecule has 0 saturated carbocycles. The van der Waals surface area contributed by atoms with Crippen LogP contribution in [0.5, 0.6) is 0 Å². The number of rotatable bonds is 1. The molecule has 3 heteroatoms. The van der Waals surface area contributed by atoms with Crippen molar-refractivity contribution in [3.8, 4) is 0 Å². The van der Waals surface area contributed by atoms with Gasteiger partial charge in [-0.1, -0.05) is 0 Å². The standard InChI is InChI=1S/C4H5N2.3CH3.Sn/c1-6-4-2-3-5-6;;;;/h3-4H,1H3;3*1H3;. The summed E-state index contributed by atoms with van der Waals surface area (Å²) in [6.07, 6.45) is 4.16. The van der Waals surface area contributed by atoms with E-state index in [1.807, 2.05) is 17.9 Å².